The van der Waals surface area contributed by atoms with Crippen LogP contribution in [0.1, 0.15) is 0 Å². The van der Waals surface area contributed by atoms with Crippen molar-refractivity contribution in [3.63, 3.8) is 0 Å². The van der Waals surface area contributed by atoms with Crippen LogP contribution in [0.2, 0.25) is 0 Å². The Morgan fingerprint density at radius 1 is 1.35 bits per heavy atom. The second-order valence-electron chi connectivity index (χ2n) is 5.19. The molecule has 0 aliphatic rings. The Balaban J connectivity index is 1.67. The van der Waals surface area contributed by atoms with Gasteiger partial charge in [0.05, 0.1) is 11.4 Å². The van der Waals surface area contributed by atoms with Gasteiger partial charge in [0.1, 0.15) is 5.82 Å². The van der Waals surface area contributed by atoms with Crippen molar-refractivity contribution in [1.29, 1.82) is 0 Å². The van der Waals surface area contributed by atoms with E-state index >= 15 is 0 Å². The van der Waals surface area contributed by atoms with Crippen LogP contribution in [0.5, 0.6) is 0 Å². The molecule has 0 saturated heterocycles. The Morgan fingerprint density at radius 3 is 2.85 bits per heavy atom. The van der Waals surface area contributed by atoms with E-state index < -0.39 is 17.5 Å². The molecular weight excluding hydrogens is 428 g/mol. The SMILES string of the molecule is Cn1c(SCC(=O)Nc2c(F)cc(F)cc2Br)nnc1-c1cccnc1. The van der Waals surface area contributed by atoms with Crippen LogP contribution in [0.15, 0.2) is 46.3 Å². The van der Waals surface area contributed by atoms with Gasteiger partial charge in [-0.1, -0.05) is 11.8 Å². The number of aromatic nitrogens is 4. The van der Waals surface area contributed by atoms with Crippen LogP contribution < -0.4 is 5.32 Å². The summed E-state index contributed by atoms with van der Waals surface area (Å²) in [5, 5.41) is 11.1. The van der Waals surface area contributed by atoms with E-state index in [2.05, 4.69) is 36.4 Å². The summed E-state index contributed by atoms with van der Waals surface area (Å²) in [6.45, 7) is 0. The molecule has 0 bridgehead atoms. The van der Waals surface area contributed by atoms with Crippen LogP contribution >= 0.6 is 27.7 Å². The lowest BCUT2D eigenvalue weighted by molar-refractivity contribution is -0.113. The van der Waals surface area contributed by atoms with Crippen molar-refractivity contribution in [1.82, 2.24) is 19.7 Å². The molecule has 10 heteroatoms. The summed E-state index contributed by atoms with van der Waals surface area (Å²) in [7, 11) is 1.78. The van der Waals surface area contributed by atoms with E-state index in [1.54, 1.807) is 30.1 Å². The van der Waals surface area contributed by atoms with E-state index in [0.717, 1.165) is 23.4 Å². The van der Waals surface area contributed by atoms with E-state index in [1.165, 1.54) is 0 Å². The van der Waals surface area contributed by atoms with Crippen LogP contribution in [0, 0.1) is 11.6 Å². The predicted molar refractivity (Wildman–Crippen MR) is 97.6 cm³/mol. The number of benzene rings is 1. The first kappa shape index (κ1) is 18.5. The number of halogens is 3. The molecule has 1 amide bonds. The van der Waals surface area contributed by atoms with Crippen LogP contribution in [0.4, 0.5) is 14.5 Å². The molecule has 0 aliphatic heterocycles. The lowest BCUT2D eigenvalue weighted by Gasteiger charge is -2.08. The third-order valence-electron chi connectivity index (χ3n) is 3.36. The van der Waals surface area contributed by atoms with Gasteiger partial charge in [0.15, 0.2) is 16.8 Å². The van der Waals surface area contributed by atoms with Gasteiger partial charge < -0.3 is 9.88 Å². The Morgan fingerprint density at radius 2 is 2.15 bits per heavy atom. The van der Waals surface area contributed by atoms with Gasteiger partial charge >= 0.3 is 0 Å². The van der Waals surface area contributed by atoms with Crippen LogP contribution in [0.25, 0.3) is 11.4 Å². The standard InChI is InChI=1S/C16H12BrF2N5OS/c1-24-15(9-3-2-4-20-7-9)22-23-16(24)26-8-13(25)21-14-11(17)5-10(18)6-12(14)19/h2-7H,8H2,1H3,(H,21,25). The summed E-state index contributed by atoms with van der Waals surface area (Å²) < 4.78 is 28.7. The highest BCUT2D eigenvalue weighted by Crippen LogP contribution is 2.27. The maximum atomic E-state index is 13.8. The van der Waals surface area contributed by atoms with Gasteiger partial charge in [0, 0.05) is 35.5 Å². The number of hydrogen-bond donors (Lipinski definition) is 1. The average Bonchev–Trinajstić information content (AvgIpc) is 2.98. The summed E-state index contributed by atoms with van der Waals surface area (Å²) in [5.41, 5.74) is 0.696. The van der Waals surface area contributed by atoms with Crippen LogP contribution in [-0.4, -0.2) is 31.4 Å². The molecule has 134 valence electrons. The van der Waals surface area contributed by atoms with Gasteiger partial charge in [-0.25, -0.2) is 8.78 Å². The molecule has 2 heterocycles. The number of amides is 1. The fourth-order valence-electron chi connectivity index (χ4n) is 2.15. The summed E-state index contributed by atoms with van der Waals surface area (Å²) in [6, 6.07) is 5.43. The first-order valence-electron chi connectivity index (χ1n) is 7.32. The lowest BCUT2D eigenvalue weighted by Crippen LogP contribution is -2.16. The molecule has 0 spiro atoms. The molecule has 0 radical (unpaired) electrons. The van der Waals surface area contributed by atoms with Gasteiger partial charge in [-0.05, 0) is 34.1 Å². The van der Waals surface area contributed by atoms with Crippen molar-refractivity contribution in [3.05, 3.63) is 52.8 Å². The maximum absolute atomic E-state index is 13.8. The second-order valence-corrected chi connectivity index (χ2v) is 6.99. The number of pyridine rings is 1. The van der Waals surface area contributed by atoms with Gasteiger partial charge in [-0.15, -0.1) is 10.2 Å². The molecule has 26 heavy (non-hydrogen) atoms. The van der Waals surface area contributed by atoms with Gasteiger partial charge in [-0.2, -0.15) is 0 Å². The number of thioether (sulfide) groups is 1. The molecular formula is C16H12BrF2N5OS. The minimum atomic E-state index is -0.854. The molecule has 0 unspecified atom stereocenters. The zero-order valence-electron chi connectivity index (χ0n) is 13.4. The van der Waals surface area contributed by atoms with Gasteiger partial charge in [0.2, 0.25) is 5.91 Å². The zero-order chi connectivity index (χ0) is 18.7. The van der Waals surface area contributed by atoms with Crippen LogP contribution in [0.3, 0.4) is 0 Å². The summed E-state index contributed by atoms with van der Waals surface area (Å²) in [6.07, 6.45) is 3.33. The molecule has 2 aromatic heterocycles. The number of nitrogens with zero attached hydrogens (tertiary/aromatic N) is 4. The smallest absolute Gasteiger partial charge is 0.234 e. The number of anilines is 1. The highest BCUT2D eigenvalue weighted by atomic mass is 79.9. The molecule has 0 saturated carbocycles. The predicted octanol–water partition coefficient (Wildman–Crippen LogP) is 3.65. The maximum Gasteiger partial charge on any atom is 0.234 e. The fourth-order valence-corrected chi connectivity index (χ4v) is 3.37. The van der Waals surface area contributed by atoms with Crippen LogP contribution in [-0.2, 0) is 11.8 Å². The second kappa shape index (κ2) is 7.92. The molecule has 0 aliphatic carbocycles. The molecule has 3 aromatic rings. The summed E-state index contributed by atoms with van der Waals surface area (Å²) in [4.78, 5) is 16.1. The lowest BCUT2D eigenvalue weighted by atomic mass is 10.3. The molecule has 3 rings (SSSR count). The van der Waals surface area contributed by atoms with E-state index in [-0.39, 0.29) is 15.9 Å². The number of carbonyl (C=O) groups excluding carboxylic acids is 1. The monoisotopic (exact) mass is 439 g/mol. The van der Waals surface area contributed by atoms with Crippen molar-refractivity contribution in [2.45, 2.75) is 5.16 Å². The number of carbonyl (C=O) groups is 1. The van der Waals surface area contributed by atoms with Crippen molar-refractivity contribution in [2.75, 3.05) is 11.1 Å². The quantitative estimate of drug-likeness (QED) is 0.614. The molecule has 0 fully saturated rings. The van der Waals surface area contributed by atoms with Gasteiger partial charge in [0.25, 0.3) is 0 Å². The topological polar surface area (TPSA) is 72.7 Å². The highest BCUT2D eigenvalue weighted by Gasteiger charge is 2.16. The number of hydrogen-bond acceptors (Lipinski definition) is 5. The Kier molecular flexibility index (Phi) is 5.62. The van der Waals surface area contributed by atoms with E-state index in [9.17, 15) is 13.6 Å². The van der Waals surface area contributed by atoms with Crippen molar-refractivity contribution < 1.29 is 13.6 Å². The first-order chi connectivity index (χ1) is 12.5. The Labute approximate surface area is 160 Å². The summed E-state index contributed by atoms with van der Waals surface area (Å²) in [5.74, 6) is -1.43. The fraction of sp³-hybridized carbons (Fsp3) is 0.125. The molecule has 6 nitrogen and oxygen atoms in total. The third-order valence-corrected chi connectivity index (χ3v) is 5.00. The minimum absolute atomic E-state index is 0.0116. The van der Waals surface area contributed by atoms with Gasteiger partial charge in [-0.3, -0.25) is 9.78 Å². The summed E-state index contributed by atoms with van der Waals surface area (Å²) >= 11 is 4.18. The minimum Gasteiger partial charge on any atom is -0.322 e. The first-order valence-corrected chi connectivity index (χ1v) is 9.10. The Hall–Kier alpha value is -2.33. The molecule has 1 N–H and O–H groups in total. The molecule has 1 aromatic carbocycles. The normalized spacial score (nSPS) is 10.8. The van der Waals surface area contributed by atoms with E-state index in [1.807, 2.05) is 6.07 Å². The molecule has 0 atom stereocenters. The van der Waals surface area contributed by atoms with E-state index in [4.69, 9.17) is 0 Å². The Bertz CT molecular complexity index is 928. The number of rotatable bonds is 5. The highest BCUT2D eigenvalue weighted by molar-refractivity contribution is 9.10. The third kappa shape index (κ3) is 4.07. The number of nitrogens with one attached hydrogen (secondary N) is 1. The zero-order valence-corrected chi connectivity index (χ0v) is 15.8. The largest absolute Gasteiger partial charge is 0.322 e. The average molecular weight is 440 g/mol. The van der Waals surface area contributed by atoms with Crippen molar-refractivity contribution >= 4 is 39.3 Å². The van der Waals surface area contributed by atoms with Crippen molar-refractivity contribution in [2.24, 2.45) is 7.05 Å². The van der Waals surface area contributed by atoms with E-state index in [0.29, 0.717) is 17.0 Å². The van der Waals surface area contributed by atoms with Crippen molar-refractivity contribution in [3.8, 4) is 11.4 Å².